The molecule has 0 saturated heterocycles. The van der Waals surface area contributed by atoms with Crippen molar-refractivity contribution in [1.29, 1.82) is 0 Å². The van der Waals surface area contributed by atoms with E-state index in [1.54, 1.807) is 14.2 Å². The summed E-state index contributed by atoms with van der Waals surface area (Å²) in [5.74, 6) is 2.26. The fourth-order valence-corrected chi connectivity index (χ4v) is 4.32. The zero-order chi connectivity index (χ0) is 21.8. The summed E-state index contributed by atoms with van der Waals surface area (Å²) < 4.78 is 35.2. The maximum atomic E-state index is 12.3. The van der Waals surface area contributed by atoms with Gasteiger partial charge in [-0.1, -0.05) is 30.3 Å². The van der Waals surface area contributed by atoms with Crippen molar-refractivity contribution >= 4 is 39.8 Å². The number of ether oxygens (including phenoxy) is 2. The topological polar surface area (TPSA) is 89.0 Å². The van der Waals surface area contributed by atoms with Crippen molar-refractivity contribution in [2.45, 2.75) is 25.6 Å². The molecule has 0 radical (unpaired) electrons. The number of sulfone groups is 1. The van der Waals surface area contributed by atoms with Crippen LogP contribution in [0.4, 0.5) is 0 Å². The van der Waals surface area contributed by atoms with Gasteiger partial charge < -0.3 is 20.1 Å². The van der Waals surface area contributed by atoms with Crippen LogP contribution in [0.25, 0.3) is 0 Å². The quantitative estimate of drug-likeness (QED) is 0.189. The normalized spacial score (nSPS) is 11.4. The number of nitrogens with zero attached hydrogens (tertiary/aromatic N) is 1. The van der Waals surface area contributed by atoms with Gasteiger partial charge in [0.25, 0.3) is 0 Å². The Balaban J connectivity index is 0.00000480. The fraction of sp³-hybridized carbons (Fsp3) is 0.409. The lowest BCUT2D eigenvalue weighted by Crippen LogP contribution is -2.38. The van der Waals surface area contributed by atoms with Gasteiger partial charge in [-0.2, -0.15) is 0 Å². The lowest BCUT2D eigenvalue weighted by atomic mass is 10.2. The minimum Gasteiger partial charge on any atom is -0.497 e. The SMILES string of the molecule is CCNC(=NCc1ccc(OC)cc1OC)NCCCS(=O)(=O)Cc1ccccc1.I. The molecule has 2 rings (SSSR count). The molecule has 172 valence electrons. The molecule has 0 saturated carbocycles. The number of nitrogens with one attached hydrogen (secondary N) is 2. The van der Waals surface area contributed by atoms with Gasteiger partial charge in [-0.3, -0.25) is 0 Å². The summed E-state index contributed by atoms with van der Waals surface area (Å²) in [7, 11) is 0.0789. The van der Waals surface area contributed by atoms with Crippen molar-refractivity contribution in [3.05, 3.63) is 59.7 Å². The number of aliphatic imine (C=N–C) groups is 1. The summed E-state index contributed by atoms with van der Waals surface area (Å²) in [6.07, 6.45) is 0.505. The van der Waals surface area contributed by atoms with Crippen molar-refractivity contribution in [3.63, 3.8) is 0 Å². The van der Waals surface area contributed by atoms with Gasteiger partial charge in [0.1, 0.15) is 11.5 Å². The van der Waals surface area contributed by atoms with Crippen LogP contribution in [0.15, 0.2) is 53.5 Å². The molecule has 0 aliphatic carbocycles. The maximum absolute atomic E-state index is 12.3. The number of hydrogen-bond donors (Lipinski definition) is 2. The Morgan fingerprint density at radius 1 is 1.03 bits per heavy atom. The Bertz CT molecular complexity index is 922. The molecule has 0 bridgehead atoms. The van der Waals surface area contributed by atoms with E-state index in [-0.39, 0.29) is 35.5 Å². The molecule has 7 nitrogen and oxygen atoms in total. The average molecular weight is 561 g/mol. The largest absolute Gasteiger partial charge is 0.497 e. The zero-order valence-corrected chi connectivity index (χ0v) is 21.4. The second kappa shape index (κ2) is 14.1. The molecule has 0 fully saturated rings. The van der Waals surface area contributed by atoms with Gasteiger partial charge in [0.15, 0.2) is 15.8 Å². The summed E-state index contributed by atoms with van der Waals surface area (Å²) in [6, 6.07) is 14.9. The highest BCUT2D eigenvalue weighted by atomic mass is 127. The standard InChI is InChI=1S/C22H31N3O4S.HI/c1-4-23-22(25-16-19-11-12-20(28-2)15-21(19)29-3)24-13-8-14-30(26,27)17-18-9-6-5-7-10-18;/h5-7,9-12,15H,4,8,13-14,16-17H2,1-3H3,(H2,23,24,25);1H. The first-order valence-corrected chi connectivity index (χ1v) is 11.8. The highest BCUT2D eigenvalue weighted by Crippen LogP contribution is 2.25. The molecule has 2 aromatic carbocycles. The molecule has 2 aromatic rings. The maximum Gasteiger partial charge on any atom is 0.191 e. The Labute approximate surface area is 202 Å². The number of benzene rings is 2. The molecule has 0 heterocycles. The summed E-state index contributed by atoms with van der Waals surface area (Å²) in [5, 5.41) is 6.37. The van der Waals surface area contributed by atoms with E-state index in [0.717, 1.165) is 16.9 Å². The Hall–Kier alpha value is -2.01. The van der Waals surface area contributed by atoms with E-state index in [9.17, 15) is 8.42 Å². The highest BCUT2D eigenvalue weighted by molar-refractivity contribution is 14.0. The number of rotatable bonds is 11. The molecular weight excluding hydrogens is 529 g/mol. The number of guanidine groups is 1. The summed E-state index contributed by atoms with van der Waals surface area (Å²) >= 11 is 0. The molecule has 0 spiro atoms. The molecule has 0 aliphatic rings. The van der Waals surface area contributed by atoms with Crippen molar-refractivity contribution in [2.24, 2.45) is 4.99 Å². The molecule has 0 atom stereocenters. The van der Waals surface area contributed by atoms with Crippen molar-refractivity contribution in [1.82, 2.24) is 10.6 Å². The predicted octanol–water partition coefficient (Wildman–Crippen LogP) is 3.38. The summed E-state index contributed by atoms with van der Waals surface area (Å²) in [6.45, 7) is 3.63. The predicted molar refractivity (Wildman–Crippen MR) is 136 cm³/mol. The van der Waals surface area contributed by atoms with Gasteiger partial charge >= 0.3 is 0 Å². The lowest BCUT2D eigenvalue weighted by Gasteiger charge is -2.13. The van der Waals surface area contributed by atoms with E-state index >= 15 is 0 Å². The van der Waals surface area contributed by atoms with Gasteiger partial charge in [-0.05, 0) is 31.0 Å². The van der Waals surface area contributed by atoms with Crippen LogP contribution in [0.1, 0.15) is 24.5 Å². The van der Waals surface area contributed by atoms with Crippen LogP contribution in [-0.2, 0) is 22.1 Å². The second-order valence-electron chi connectivity index (χ2n) is 6.73. The van der Waals surface area contributed by atoms with Gasteiger partial charge in [-0.25, -0.2) is 13.4 Å². The van der Waals surface area contributed by atoms with Crippen LogP contribution in [0.5, 0.6) is 11.5 Å². The lowest BCUT2D eigenvalue weighted by molar-refractivity contribution is 0.391. The van der Waals surface area contributed by atoms with Crippen LogP contribution in [-0.4, -0.2) is 47.4 Å². The minimum absolute atomic E-state index is 0. The van der Waals surface area contributed by atoms with Gasteiger partial charge in [0.05, 0.1) is 32.3 Å². The smallest absolute Gasteiger partial charge is 0.191 e. The average Bonchev–Trinajstić information content (AvgIpc) is 2.75. The van der Waals surface area contributed by atoms with Crippen molar-refractivity contribution in [2.75, 3.05) is 33.1 Å². The Morgan fingerprint density at radius 3 is 2.42 bits per heavy atom. The first-order chi connectivity index (χ1) is 14.5. The molecule has 9 heteroatoms. The van der Waals surface area contributed by atoms with Crippen LogP contribution in [0.2, 0.25) is 0 Å². The first-order valence-electron chi connectivity index (χ1n) is 9.95. The Morgan fingerprint density at radius 2 is 1.77 bits per heavy atom. The monoisotopic (exact) mass is 561 g/mol. The first kappa shape index (κ1) is 27.0. The molecule has 31 heavy (non-hydrogen) atoms. The van der Waals surface area contributed by atoms with Gasteiger partial charge in [0.2, 0.25) is 0 Å². The van der Waals surface area contributed by atoms with Crippen LogP contribution in [0, 0.1) is 0 Å². The summed E-state index contributed by atoms with van der Waals surface area (Å²) in [5.41, 5.74) is 1.75. The van der Waals surface area contributed by atoms with Crippen LogP contribution >= 0.6 is 24.0 Å². The third-order valence-corrected chi connectivity index (χ3v) is 6.08. The molecule has 0 aromatic heterocycles. The van der Waals surface area contributed by atoms with E-state index in [2.05, 4.69) is 15.6 Å². The van der Waals surface area contributed by atoms with E-state index in [1.165, 1.54) is 0 Å². The molecule has 0 aliphatic heterocycles. The third kappa shape index (κ3) is 9.77. The Kier molecular flexibility index (Phi) is 12.3. The van der Waals surface area contributed by atoms with Crippen LogP contribution in [0.3, 0.4) is 0 Å². The number of methoxy groups -OCH3 is 2. The second-order valence-corrected chi connectivity index (χ2v) is 8.91. The van der Waals surface area contributed by atoms with E-state index in [4.69, 9.17) is 9.47 Å². The molecule has 0 amide bonds. The van der Waals surface area contributed by atoms with Crippen molar-refractivity contribution < 1.29 is 17.9 Å². The summed E-state index contributed by atoms with van der Waals surface area (Å²) in [4.78, 5) is 4.57. The van der Waals surface area contributed by atoms with E-state index in [1.807, 2.05) is 55.5 Å². The van der Waals surface area contributed by atoms with Gasteiger partial charge in [0, 0.05) is 24.7 Å². The molecule has 2 N–H and O–H groups in total. The number of hydrogen-bond acceptors (Lipinski definition) is 5. The highest BCUT2D eigenvalue weighted by Gasteiger charge is 2.12. The molecular formula is C22H32IN3O4S. The van der Waals surface area contributed by atoms with E-state index < -0.39 is 9.84 Å². The molecule has 0 unspecified atom stereocenters. The number of halogens is 1. The van der Waals surface area contributed by atoms with Gasteiger partial charge in [-0.15, -0.1) is 24.0 Å². The van der Waals surface area contributed by atoms with Crippen LogP contribution < -0.4 is 20.1 Å². The fourth-order valence-electron chi connectivity index (χ4n) is 2.89. The third-order valence-electron chi connectivity index (χ3n) is 4.40. The minimum atomic E-state index is -3.14. The van der Waals surface area contributed by atoms with Crippen molar-refractivity contribution in [3.8, 4) is 11.5 Å². The van der Waals surface area contributed by atoms with E-state index in [0.29, 0.717) is 37.8 Å². The zero-order valence-electron chi connectivity index (χ0n) is 18.3.